The number of benzene rings is 2. The molecule has 106 valence electrons. The second-order valence-electron chi connectivity index (χ2n) is 4.72. The van der Waals surface area contributed by atoms with Crippen molar-refractivity contribution < 1.29 is 13.9 Å². The van der Waals surface area contributed by atoms with Crippen LogP contribution < -0.4 is 15.2 Å². The van der Waals surface area contributed by atoms with Gasteiger partial charge in [0, 0.05) is 17.3 Å². The number of nitrogen functional groups attached to an aromatic ring is 1. The van der Waals surface area contributed by atoms with Crippen LogP contribution in [0, 0.1) is 19.7 Å². The molecule has 0 aromatic heterocycles. The zero-order valence-electron chi connectivity index (χ0n) is 11.9. The fraction of sp³-hybridized carbons (Fsp3) is 0.250. The molecule has 0 aliphatic heterocycles. The first-order valence-corrected chi connectivity index (χ1v) is 6.33. The van der Waals surface area contributed by atoms with Gasteiger partial charge in [0.2, 0.25) is 0 Å². The monoisotopic (exact) mass is 275 g/mol. The normalized spacial score (nSPS) is 10.4. The molecule has 0 bridgehead atoms. The molecule has 0 saturated carbocycles. The molecule has 2 aromatic rings. The van der Waals surface area contributed by atoms with Crippen LogP contribution in [0.15, 0.2) is 30.3 Å². The van der Waals surface area contributed by atoms with Crippen molar-refractivity contribution in [3.05, 3.63) is 52.8 Å². The van der Waals surface area contributed by atoms with Gasteiger partial charge in [0.05, 0.1) is 7.11 Å². The van der Waals surface area contributed by atoms with Crippen molar-refractivity contribution in [2.75, 3.05) is 12.8 Å². The minimum atomic E-state index is -0.339. The Hall–Kier alpha value is -2.23. The highest BCUT2D eigenvalue weighted by atomic mass is 19.1. The molecule has 2 rings (SSSR count). The fourth-order valence-electron chi connectivity index (χ4n) is 1.90. The number of nitrogens with two attached hydrogens (primary N) is 1. The Balaban J connectivity index is 2.15. The number of aryl methyl sites for hydroxylation is 2. The van der Waals surface area contributed by atoms with Crippen LogP contribution in [0.1, 0.15) is 16.7 Å². The third-order valence-corrected chi connectivity index (χ3v) is 3.21. The van der Waals surface area contributed by atoms with Gasteiger partial charge in [0.1, 0.15) is 23.9 Å². The number of ether oxygens (including phenoxy) is 2. The van der Waals surface area contributed by atoms with Crippen LogP contribution in [-0.2, 0) is 6.61 Å². The summed E-state index contributed by atoms with van der Waals surface area (Å²) in [4.78, 5) is 0. The Morgan fingerprint density at radius 1 is 1.10 bits per heavy atom. The summed E-state index contributed by atoms with van der Waals surface area (Å²) in [6, 6.07) is 8.44. The molecule has 0 unspecified atom stereocenters. The number of anilines is 1. The van der Waals surface area contributed by atoms with Crippen LogP contribution in [-0.4, -0.2) is 7.11 Å². The summed E-state index contributed by atoms with van der Waals surface area (Å²) in [5.41, 5.74) is 8.91. The summed E-state index contributed by atoms with van der Waals surface area (Å²) in [6.45, 7) is 3.99. The van der Waals surface area contributed by atoms with Gasteiger partial charge in [-0.1, -0.05) is 0 Å². The standard InChI is InChI=1S/C16H18FNO2/c1-10-7-16(11(2)6-15(10)18)20-9-12-4-5-13(19-3)8-14(12)17/h4-8H,9,18H2,1-3H3. The first-order valence-electron chi connectivity index (χ1n) is 6.33. The molecule has 0 radical (unpaired) electrons. The summed E-state index contributed by atoms with van der Waals surface area (Å²) in [5.74, 6) is 0.867. The van der Waals surface area contributed by atoms with Gasteiger partial charge < -0.3 is 15.2 Å². The van der Waals surface area contributed by atoms with E-state index in [0.717, 1.165) is 16.8 Å². The quantitative estimate of drug-likeness (QED) is 0.867. The molecule has 0 aliphatic carbocycles. The predicted molar refractivity (Wildman–Crippen MR) is 77.6 cm³/mol. The Morgan fingerprint density at radius 3 is 2.50 bits per heavy atom. The van der Waals surface area contributed by atoms with E-state index < -0.39 is 0 Å². The highest BCUT2D eigenvalue weighted by Gasteiger charge is 2.07. The van der Waals surface area contributed by atoms with E-state index >= 15 is 0 Å². The number of methoxy groups -OCH3 is 1. The Morgan fingerprint density at radius 2 is 1.85 bits per heavy atom. The van der Waals surface area contributed by atoms with Gasteiger partial charge in [0.15, 0.2) is 0 Å². The van der Waals surface area contributed by atoms with E-state index in [1.165, 1.54) is 13.2 Å². The molecule has 4 heteroatoms. The highest BCUT2D eigenvalue weighted by Crippen LogP contribution is 2.25. The van der Waals surface area contributed by atoms with Crippen molar-refractivity contribution in [3.8, 4) is 11.5 Å². The lowest BCUT2D eigenvalue weighted by atomic mass is 10.1. The van der Waals surface area contributed by atoms with Crippen LogP contribution in [0.25, 0.3) is 0 Å². The van der Waals surface area contributed by atoms with Crippen molar-refractivity contribution in [1.29, 1.82) is 0 Å². The van der Waals surface area contributed by atoms with E-state index in [-0.39, 0.29) is 12.4 Å². The van der Waals surface area contributed by atoms with Gasteiger partial charge in [-0.05, 0) is 49.2 Å². The van der Waals surface area contributed by atoms with Gasteiger partial charge in [-0.15, -0.1) is 0 Å². The molecular formula is C16H18FNO2. The van der Waals surface area contributed by atoms with Crippen molar-refractivity contribution >= 4 is 5.69 Å². The molecule has 3 nitrogen and oxygen atoms in total. The van der Waals surface area contributed by atoms with Crippen molar-refractivity contribution in [3.63, 3.8) is 0 Å². The minimum absolute atomic E-state index is 0.167. The van der Waals surface area contributed by atoms with E-state index in [9.17, 15) is 4.39 Å². The fourth-order valence-corrected chi connectivity index (χ4v) is 1.90. The Kier molecular flexibility index (Phi) is 4.13. The number of hydrogen-bond donors (Lipinski definition) is 1. The molecule has 2 N–H and O–H groups in total. The van der Waals surface area contributed by atoms with E-state index in [1.807, 2.05) is 26.0 Å². The van der Waals surface area contributed by atoms with Gasteiger partial charge in [-0.25, -0.2) is 4.39 Å². The van der Waals surface area contributed by atoms with Gasteiger partial charge in [0.25, 0.3) is 0 Å². The maximum atomic E-state index is 13.8. The summed E-state index contributed by atoms with van der Waals surface area (Å²) in [7, 11) is 1.51. The molecule has 0 atom stereocenters. The van der Waals surface area contributed by atoms with Crippen molar-refractivity contribution in [2.45, 2.75) is 20.5 Å². The van der Waals surface area contributed by atoms with E-state index in [1.54, 1.807) is 12.1 Å². The van der Waals surface area contributed by atoms with Crippen LogP contribution in [0.5, 0.6) is 11.5 Å². The molecule has 0 aliphatic rings. The zero-order valence-corrected chi connectivity index (χ0v) is 11.9. The molecular weight excluding hydrogens is 257 g/mol. The number of hydrogen-bond acceptors (Lipinski definition) is 3. The first kappa shape index (κ1) is 14.2. The second-order valence-corrected chi connectivity index (χ2v) is 4.72. The van der Waals surface area contributed by atoms with Gasteiger partial charge in [-0.3, -0.25) is 0 Å². The Labute approximate surface area is 118 Å². The first-order chi connectivity index (χ1) is 9.51. The van der Waals surface area contributed by atoms with E-state index in [0.29, 0.717) is 17.1 Å². The largest absolute Gasteiger partial charge is 0.497 e. The predicted octanol–water partition coefficient (Wildman–Crippen LogP) is 3.61. The van der Waals surface area contributed by atoms with E-state index in [4.69, 9.17) is 15.2 Å². The summed E-state index contributed by atoms with van der Waals surface area (Å²) < 4.78 is 24.4. The second kappa shape index (κ2) is 5.82. The van der Waals surface area contributed by atoms with Crippen molar-refractivity contribution in [1.82, 2.24) is 0 Å². The zero-order chi connectivity index (χ0) is 14.7. The molecule has 0 fully saturated rings. The molecule has 0 spiro atoms. The van der Waals surface area contributed by atoms with Gasteiger partial charge >= 0.3 is 0 Å². The Bertz CT molecular complexity index is 626. The minimum Gasteiger partial charge on any atom is -0.497 e. The van der Waals surface area contributed by atoms with Crippen LogP contribution in [0.2, 0.25) is 0 Å². The van der Waals surface area contributed by atoms with Crippen molar-refractivity contribution in [2.24, 2.45) is 0 Å². The number of halogens is 1. The maximum Gasteiger partial charge on any atom is 0.133 e. The topological polar surface area (TPSA) is 44.5 Å². The number of rotatable bonds is 4. The molecule has 0 amide bonds. The lowest BCUT2D eigenvalue weighted by Gasteiger charge is -2.12. The van der Waals surface area contributed by atoms with Crippen LogP contribution in [0.4, 0.5) is 10.1 Å². The highest BCUT2D eigenvalue weighted by molar-refractivity contribution is 5.53. The van der Waals surface area contributed by atoms with Crippen LogP contribution in [0.3, 0.4) is 0 Å². The van der Waals surface area contributed by atoms with Crippen LogP contribution >= 0.6 is 0 Å². The summed E-state index contributed by atoms with van der Waals surface area (Å²) in [6.07, 6.45) is 0. The SMILES string of the molecule is COc1ccc(COc2cc(C)c(N)cc2C)c(F)c1. The molecule has 0 heterocycles. The smallest absolute Gasteiger partial charge is 0.133 e. The maximum absolute atomic E-state index is 13.8. The average Bonchev–Trinajstić information content (AvgIpc) is 2.42. The lowest BCUT2D eigenvalue weighted by Crippen LogP contribution is -2.01. The summed E-state index contributed by atoms with van der Waals surface area (Å²) in [5, 5.41) is 0. The lowest BCUT2D eigenvalue weighted by molar-refractivity contribution is 0.297. The third kappa shape index (κ3) is 3.02. The third-order valence-electron chi connectivity index (χ3n) is 3.21. The molecule has 0 saturated heterocycles. The van der Waals surface area contributed by atoms with Gasteiger partial charge in [-0.2, -0.15) is 0 Å². The average molecular weight is 275 g/mol. The molecule has 2 aromatic carbocycles. The molecule has 20 heavy (non-hydrogen) atoms. The summed E-state index contributed by atoms with van der Waals surface area (Å²) >= 11 is 0. The van der Waals surface area contributed by atoms with E-state index in [2.05, 4.69) is 0 Å².